The third-order valence-corrected chi connectivity index (χ3v) is 3.12. The monoisotopic (exact) mass is 299 g/mol. The van der Waals surface area contributed by atoms with Crippen molar-refractivity contribution in [1.82, 2.24) is 0 Å². The van der Waals surface area contributed by atoms with Gasteiger partial charge in [0.25, 0.3) is 0 Å². The molecule has 0 aliphatic heterocycles. The van der Waals surface area contributed by atoms with E-state index in [9.17, 15) is 13.2 Å². The van der Waals surface area contributed by atoms with Gasteiger partial charge in [-0.05, 0) is 36.6 Å². The molecular weight excluding hydrogens is 278 g/mol. The summed E-state index contributed by atoms with van der Waals surface area (Å²) in [6, 6.07) is 5.83. The highest BCUT2D eigenvalue weighted by Crippen LogP contribution is 2.15. The second-order valence-corrected chi connectivity index (χ2v) is 6.93. The first-order valence-corrected chi connectivity index (χ1v) is 8.21. The molecule has 1 atom stereocenters. The minimum Gasteiger partial charge on any atom is -0.325 e. The lowest BCUT2D eigenvalue weighted by molar-refractivity contribution is -0.117. The number of hydrogen-bond donors (Lipinski definition) is 3. The molecule has 0 spiro atoms. The average molecular weight is 299 g/mol. The van der Waals surface area contributed by atoms with Crippen LogP contribution >= 0.6 is 0 Å². The van der Waals surface area contributed by atoms with Crippen molar-refractivity contribution in [3.63, 3.8) is 0 Å². The van der Waals surface area contributed by atoms with Crippen LogP contribution in [-0.2, 0) is 14.8 Å². The highest BCUT2D eigenvalue weighted by atomic mass is 32.2. The van der Waals surface area contributed by atoms with E-state index in [4.69, 9.17) is 5.73 Å². The van der Waals surface area contributed by atoms with Gasteiger partial charge >= 0.3 is 0 Å². The highest BCUT2D eigenvalue weighted by molar-refractivity contribution is 7.92. The number of nitrogens with two attached hydrogens (primary N) is 1. The molecule has 20 heavy (non-hydrogen) atoms. The quantitative estimate of drug-likeness (QED) is 0.738. The zero-order chi connectivity index (χ0) is 15.3. The van der Waals surface area contributed by atoms with Crippen LogP contribution in [0.1, 0.15) is 20.3 Å². The lowest BCUT2D eigenvalue weighted by Crippen LogP contribution is -2.36. The number of anilines is 2. The van der Waals surface area contributed by atoms with Crippen molar-refractivity contribution < 1.29 is 13.2 Å². The Bertz CT molecular complexity index is 553. The number of benzene rings is 1. The van der Waals surface area contributed by atoms with Gasteiger partial charge in [-0.2, -0.15) is 0 Å². The van der Waals surface area contributed by atoms with E-state index in [2.05, 4.69) is 10.0 Å². The van der Waals surface area contributed by atoms with E-state index in [-0.39, 0.29) is 5.91 Å². The molecule has 0 heterocycles. The summed E-state index contributed by atoms with van der Waals surface area (Å²) in [5, 5.41) is 2.70. The predicted molar refractivity (Wildman–Crippen MR) is 81.0 cm³/mol. The number of rotatable bonds is 6. The smallest absolute Gasteiger partial charge is 0.241 e. The van der Waals surface area contributed by atoms with Crippen molar-refractivity contribution in [1.29, 1.82) is 0 Å². The first kappa shape index (κ1) is 16.5. The van der Waals surface area contributed by atoms with Gasteiger partial charge < -0.3 is 11.1 Å². The maximum atomic E-state index is 11.8. The van der Waals surface area contributed by atoms with Crippen molar-refractivity contribution >= 4 is 27.3 Å². The van der Waals surface area contributed by atoms with E-state index in [1.807, 2.05) is 13.8 Å². The lowest BCUT2D eigenvalue weighted by Gasteiger charge is -2.14. The van der Waals surface area contributed by atoms with Crippen molar-refractivity contribution in [2.75, 3.05) is 16.3 Å². The maximum Gasteiger partial charge on any atom is 0.241 e. The third kappa shape index (κ3) is 6.03. The van der Waals surface area contributed by atoms with Crippen LogP contribution in [0.3, 0.4) is 0 Å². The van der Waals surface area contributed by atoms with E-state index in [1.165, 1.54) is 0 Å². The van der Waals surface area contributed by atoms with Gasteiger partial charge in [-0.3, -0.25) is 9.52 Å². The Hall–Kier alpha value is -1.60. The second-order valence-electron chi connectivity index (χ2n) is 5.18. The van der Waals surface area contributed by atoms with Gasteiger partial charge in [0, 0.05) is 11.4 Å². The minimum absolute atomic E-state index is 0.248. The summed E-state index contributed by atoms with van der Waals surface area (Å²) in [5.74, 6) is 0.0969. The number of amides is 1. The van der Waals surface area contributed by atoms with Crippen LogP contribution in [0.2, 0.25) is 0 Å². The van der Waals surface area contributed by atoms with Crippen molar-refractivity contribution in [2.45, 2.75) is 26.3 Å². The molecule has 4 N–H and O–H groups in total. The average Bonchev–Trinajstić information content (AvgIpc) is 2.28. The Labute approximate surface area is 119 Å². The van der Waals surface area contributed by atoms with E-state index < -0.39 is 16.1 Å². The van der Waals surface area contributed by atoms with Gasteiger partial charge in [0.15, 0.2) is 0 Å². The van der Waals surface area contributed by atoms with Crippen LogP contribution in [0.15, 0.2) is 24.3 Å². The summed E-state index contributed by atoms with van der Waals surface area (Å²) < 4.78 is 24.5. The fourth-order valence-electron chi connectivity index (χ4n) is 1.69. The molecule has 0 bridgehead atoms. The second kappa shape index (κ2) is 6.71. The summed E-state index contributed by atoms with van der Waals surface area (Å²) in [6.07, 6.45) is 1.69. The van der Waals surface area contributed by atoms with E-state index in [0.29, 0.717) is 23.7 Å². The topological polar surface area (TPSA) is 101 Å². The molecule has 1 unspecified atom stereocenters. The molecule has 1 amide bonds. The van der Waals surface area contributed by atoms with Crippen LogP contribution in [0, 0.1) is 5.92 Å². The summed E-state index contributed by atoms with van der Waals surface area (Å²) in [6.45, 7) is 4.00. The third-order valence-electron chi connectivity index (χ3n) is 2.52. The van der Waals surface area contributed by atoms with Crippen LogP contribution < -0.4 is 15.8 Å². The van der Waals surface area contributed by atoms with E-state index in [0.717, 1.165) is 6.26 Å². The number of carbonyl (C=O) groups excluding carboxylic acids is 1. The summed E-state index contributed by atoms with van der Waals surface area (Å²) in [7, 11) is -3.30. The molecule has 1 aromatic carbocycles. The summed E-state index contributed by atoms with van der Waals surface area (Å²) in [4.78, 5) is 11.8. The number of hydrogen-bond acceptors (Lipinski definition) is 4. The molecule has 112 valence electrons. The Morgan fingerprint density at radius 1 is 1.20 bits per heavy atom. The maximum absolute atomic E-state index is 11.8. The SMILES string of the molecule is CC(C)CC(N)C(=O)Nc1ccc(NS(C)(=O)=O)cc1. The summed E-state index contributed by atoms with van der Waals surface area (Å²) in [5.41, 5.74) is 6.79. The Morgan fingerprint density at radius 3 is 2.15 bits per heavy atom. The normalized spacial score (nSPS) is 13.1. The number of carbonyl (C=O) groups is 1. The molecule has 7 heteroatoms. The minimum atomic E-state index is -3.30. The van der Waals surface area contributed by atoms with Crippen molar-refractivity contribution in [2.24, 2.45) is 11.7 Å². The first-order chi connectivity index (χ1) is 9.17. The molecule has 0 saturated carbocycles. The van der Waals surface area contributed by atoms with Crippen molar-refractivity contribution in [3.8, 4) is 0 Å². The van der Waals surface area contributed by atoms with Gasteiger partial charge in [0.2, 0.25) is 15.9 Å². The number of sulfonamides is 1. The Morgan fingerprint density at radius 2 is 1.70 bits per heavy atom. The molecule has 0 fully saturated rings. The van der Waals surface area contributed by atoms with Crippen LogP contribution in [0.25, 0.3) is 0 Å². The highest BCUT2D eigenvalue weighted by Gasteiger charge is 2.14. The van der Waals surface area contributed by atoms with Gasteiger partial charge in [-0.15, -0.1) is 0 Å². The van der Waals surface area contributed by atoms with Gasteiger partial charge in [-0.1, -0.05) is 13.8 Å². The molecule has 0 aromatic heterocycles. The fraction of sp³-hybridized carbons (Fsp3) is 0.462. The molecule has 1 rings (SSSR count). The molecular formula is C13H21N3O3S. The van der Waals surface area contributed by atoms with Crippen LogP contribution in [-0.4, -0.2) is 26.6 Å². The zero-order valence-corrected chi connectivity index (χ0v) is 12.7. The molecule has 0 radical (unpaired) electrons. The largest absolute Gasteiger partial charge is 0.325 e. The molecule has 0 saturated heterocycles. The lowest BCUT2D eigenvalue weighted by atomic mass is 10.0. The first-order valence-electron chi connectivity index (χ1n) is 6.31. The molecule has 0 aliphatic carbocycles. The Balaban J connectivity index is 2.63. The predicted octanol–water partition coefficient (Wildman–Crippen LogP) is 1.37. The summed E-state index contributed by atoms with van der Waals surface area (Å²) >= 11 is 0. The van der Waals surface area contributed by atoms with Crippen molar-refractivity contribution in [3.05, 3.63) is 24.3 Å². The fourth-order valence-corrected chi connectivity index (χ4v) is 2.25. The molecule has 1 aromatic rings. The molecule has 6 nitrogen and oxygen atoms in total. The zero-order valence-electron chi connectivity index (χ0n) is 11.9. The van der Waals surface area contributed by atoms with Gasteiger partial charge in [0.1, 0.15) is 0 Å². The Kier molecular flexibility index (Phi) is 5.52. The number of nitrogens with one attached hydrogen (secondary N) is 2. The van der Waals surface area contributed by atoms with Gasteiger partial charge in [-0.25, -0.2) is 8.42 Å². The van der Waals surface area contributed by atoms with E-state index in [1.54, 1.807) is 24.3 Å². The molecule has 0 aliphatic rings. The van der Waals surface area contributed by atoms with Crippen LogP contribution in [0.4, 0.5) is 11.4 Å². The van der Waals surface area contributed by atoms with Crippen LogP contribution in [0.5, 0.6) is 0 Å². The van der Waals surface area contributed by atoms with E-state index >= 15 is 0 Å². The van der Waals surface area contributed by atoms with Gasteiger partial charge in [0.05, 0.1) is 12.3 Å². The standard InChI is InChI=1S/C13H21N3O3S/c1-9(2)8-12(14)13(17)15-10-4-6-11(7-5-10)16-20(3,18)19/h4-7,9,12,16H,8,14H2,1-3H3,(H,15,17).